The molecule has 37 heavy (non-hydrogen) atoms. The number of nitrogens with zero attached hydrogens (tertiary/aromatic N) is 4. The van der Waals surface area contributed by atoms with Crippen molar-refractivity contribution in [1.29, 1.82) is 0 Å². The van der Waals surface area contributed by atoms with Gasteiger partial charge in [-0.15, -0.1) is 0 Å². The van der Waals surface area contributed by atoms with Crippen LogP contribution in [0.15, 0.2) is 55.0 Å². The van der Waals surface area contributed by atoms with Crippen molar-refractivity contribution in [1.82, 2.24) is 19.9 Å². The molecule has 0 unspecified atom stereocenters. The van der Waals surface area contributed by atoms with Crippen LogP contribution in [0.2, 0.25) is 0 Å². The molecule has 4 heterocycles. The molecule has 0 saturated carbocycles. The number of piperidine rings is 1. The number of benzene rings is 1. The molecule has 0 spiro atoms. The van der Waals surface area contributed by atoms with Gasteiger partial charge in [-0.3, -0.25) is 0 Å². The Morgan fingerprint density at radius 3 is 2.59 bits per heavy atom. The topological polar surface area (TPSA) is 93.2 Å². The molecule has 4 aromatic rings. The molecule has 0 bridgehead atoms. The van der Waals surface area contributed by atoms with E-state index >= 15 is 0 Å². The van der Waals surface area contributed by atoms with Crippen LogP contribution in [0.4, 0.5) is 19.1 Å². The predicted molar refractivity (Wildman–Crippen MR) is 130 cm³/mol. The Balaban J connectivity index is 1.33. The summed E-state index contributed by atoms with van der Waals surface area (Å²) in [5.41, 5.74) is -0.606. The summed E-state index contributed by atoms with van der Waals surface area (Å²) in [4.78, 5) is 29.6. The molecule has 192 valence electrons. The molecular formula is C26H24F3N5O3. The first kappa shape index (κ1) is 24.5. The Labute approximate surface area is 210 Å². The lowest BCUT2D eigenvalue weighted by Gasteiger charge is -2.32. The van der Waals surface area contributed by atoms with Crippen LogP contribution < -0.4 is 9.64 Å². The van der Waals surface area contributed by atoms with Crippen LogP contribution >= 0.6 is 0 Å². The summed E-state index contributed by atoms with van der Waals surface area (Å²) >= 11 is 0. The number of nitrogens with one attached hydrogen (secondary N) is 1. The highest BCUT2D eigenvalue weighted by Gasteiger charge is 2.38. The fraction of sp³-hybridized carbons (Fsp3) is 0.308. The second kappa shape index (κ2) is 10.1. The van der Waals surface area contributed by atoms with Crippen LogP contribution in [0.1, 0.15) is 35.8 Å². The second-order valence-electron chi connectivity index (χ2n) is 8.57. The minimum Gasteiger partial charge on any atom is -0.490 e. The van der Waals surface area contributed by atoms with Gasteiger partial charge in [0.25, 0.3) is 0 Å². The molecule has 1 aromatic carbocycles. The first-order valence-electron chi connectivity index (χ1n) is 11.9. The largest absolute Gasteiger partial charge is 0.490 e. The summed E-state index contributed by atoms with van der Waals surface area (Å²) in [5, 5.41) is 0.688. The molecule has 11 heteroatoms. The molecule has 8 nitrogen and oxygen atoms in total. The van der Waals surface area contributed by atoms with E-state index < -0.39 is 23.4 Å². The van der Waals surface area contributed by atoms with Gasteiger partial charge < -0.3 is 19.4 Å². The first-order chi connectivity index (χ1) is 17.8. The smallest absolute Gasteiger partial charge is 0.434 e. The van der Waals surface area contributed by atoms with Crippen LogP contribution in [-0.2, 0) is 10.9 Å². The van der Waals surface area contributed by atoms with E-state index in [-0.39, 0.29) is 18.4 Å². The summed E-state index contributed by atoms with van der Waals surface area (Å²) in [6.07, 6.45) is 1.87. The molecule has 0 aliphatic carbocycles. The zero-order valence-corrected chi connectivity index (χ0v) is 20.0. The average Bonchev–Trinajstić information content (AvgIpc) is 3.32. The van der Waals surface area contributed by atoms with E-state index in [1.165, 1.54) is 13.0 Å². The maximum Gasteiger partial charge on any atom is 0.434 e. The molecular weight excluding hydrogens is 487 g/mol. The number of esters is 1. The number of anilines is 1. The quantitative estimate of drug-likeness (QED) is 0.353. The fourth-order valence-electron chi connectivity index (χ4n) is 4.41. The Morgan fingerprint density at radius 1 is 1.14 bits per heavy atom. The number of hydrogen-bond donors (Lipinski definition) is 1. The summed E-state index contributed by atoms with van der Waals surface area (Å²) in [6, 6.07) is 9.68. The number of hydrogen-bond acceptors (Lipinski definition) is 7. The molecule has 1 aliphatic rings. The number of rotatable bonds is 6. The molecule has 1 aliphatic heterocycles. The van der Waals surface area contributed by atoms with Gasteiger partial charge in [-0.05, 0) is 37.3 Å². The fourth-order valence-corrected chi connectivity index (χ4v) is 4.41. The van der Waals surface area contributed by atoms with E-state index in [0.717, 1.165) is 32.0 Å². The molecule has 0 atom stereocenters. The minimum absolute atomic E-state index is 0.0262. The number of H-pyrrole nitrogens is 1. The van der Waals surface area contributed by atoms with Crippen molar-refractivity contribution in [3.8, 4) is 17.0 Å². The zero-order valence-electron chi connectivity index (χ0n) is 20.0. The Bertz CT molecular complexity index is 1400. The van der Waals surface area contributed by atoms with Crippen molar-refractivity contribution in [2.45, 2.75) is 32.0 Å². The van der Waals surface area contributed by atoms with Crippen LogP contribution in [0, 0.1) is 0 Å². The van der Waals surface area contributed by atoms with Gasteiger partial charge in [0.2, 0.25) is 5.95 Å². The van der Waals surface area contributed by atoms with Crippen molar-refractivity contribution in [3.63, 3.8) is 0 Å². The van der Waals surface area contributed by atoms with Gasteiger partial charge in [-0.1, -0.05) is 0 Å². The highest BCUT2D eigenvalue weighted by molar-refractivity contribution is 5.96. The van der Waals surface area contributed by atoms with E-state index in [1.54, 1.807) is 36.8 Å². The van der Waals surface area contributed by atoms with Crippen molar-refractivity contribution < 1.29 is 27.4 Å². The average molecular weight is 512 g/mol. The molecule has 1 saturated heterocycles. The number of alkyl halides is 3. The van der Waals surface area contributed by atoms with Crippen molar-refractivity contribution in [2.24, 2.45) is 0 Å². The number of carbonyl (C=O) groups excluding carboxylic acids is 1. The second-order valence-corrected chi connectivity index (χ2v) is 8.57. The van der Waals surface area contributed by atoms with Crippen molar-refractivity contribution in [3.05, 3.63) is 66.2 Å². The standard InChI is InChI=1S/C26H24F3N5O3/c1-2-36-24(35)19-6-7-21(33-23(19)26(27,28)29)20-15-32-22-14-17(4-5-18(20)22)37-16-8-12-34(13-9-16)25-30-10-3-11-31-25/h3-7,10-11,14-16,32H,2,8-9,12-13H2,1H3. The van der Waals surface area contributed by atoms with Crippen molar-refractivity contribution in [2.75, 3.05) is 24.6 Å². The van der Waals surface area contributed by atoms with Gasteiger partial charge >= 0.3 is 12.1 Å². The SMILES string of the molecule is CCOC(=O)c1ccc(-c2c[nH]c3cc(OC4CCN(c5ncccn5)CC4)ccc23)nc1C(F)(F)F. The normalized spacial score (nSPS) is 14.6. The highest BCUT2D eigenvalue weighted by Crippen LogP contribution is 2.35. The predicted octanol–water partition coefficient (Wildman–Crippen LogP) is 5.26. The lowest BCUT2D eigenvalue weighted by atomic mass is 10.1. The van der Waals surface area contributed by atoms with Crippen molar-refractivity contribution >= 4 is 22.8 Å². The van der Waals surface area contributed by atoms with Crippen LogP contribution in [0.5, 0.6) is 5.75 Å². The van der Waals surface area contributed by atoms with E-state index in [4.69, 9.17) is 9.47 Å². The summed E-state index contributed by atoms with van der Waals surface area (Å²) in [6.45, 7) is 3.04. The number of ether oxygens (including phenoxy) is 2. The van der Waals surface area contributed by atoms with E-state index in [0.29, 0.717) is 28.2 Å². The Hall–Kier alpha value is -4.15. The monoisotopic (exact) mass is 511 g/mol. The van der Waals surface area contributed by atoms with Gasteiger partial charge in [-0.25, -0.2) is 19.7 Å². The molecule has 1 N–H and O–H groups in total. The highest BCUT2D eigenvalue weighted by atomic mass is 19.4. The molecule has 1 fully saturated rings. The van der Waals surface area contributed by atoms with E-state index in [2.05, 4.69) is 24.8 Å². The number of fused-ring (bicyclic) bond motifs is 1. The van der Waals surface area contributed by atoms with Crippen LogP contribution in [0.3, 0.4) is 0 Å². The van der Waals surface area contributed by atoms with Gasteiger partial charge in [0, 0.05) is 67.1 Å². The van der Waals surface area contributed by atoms with Crippen LogP contribution in [0.25, 0.3) is 22.2 Å². The minimum atomic E-state index is -4.81. The number of halogens is 3. The maximum absolute atomic E-state index is 13.7. The number of carbonyl (C=O) groups is 1. The third-order valence-corrected chi connectivity index (χ3v) is 6.17. The van der Waals surface area contributed by atoms with Crippen LogP contribution in [-0.4, -0.2) is 51.7 Å². The molecule has 5 rings (SSSR count). The third kappa shape index (κ3) is 5.20. The maximum atomic E-state index is 13.7. The number of aromatic amines is 1. The Morgan fingerprint density at radius 2 is 1.89 bits per heavy atom. The lowest BCUT2D eigenvalue weighted by molar-refractivity contribution is -0.141. The number of pyridine rings is 1. The number of aromatic nitrogens is 4. The van der Waals surface area contributed by atoms with E-state index in [1.807, 2.05) is 6.07 Å². The van der Waals surface area contributed by atoms with Gasteiger partial charge in [0.15, 0.2) is 5.69 Å². The Kier molecular flexibility index (Phi) is 6.68. The summed E-state index contributed by atoms with van der Waals surface area (Å²) in [7, 11) is 0. The summed E-state index contributed by atoms with van der Waals surface area (Å²) in [5.74, 6) is 0.312. The van der Waals surface area contributed by atoms with Gasteiger partial charge in [-0.2, -0.15) is 13.2 Å². The molecule has 0 radical (unpaired) electrons. The van der Waals surface area contributed by atoms with E-state index in [9.17, 15) is 18.0 Å². The lowest BCUT2D eigenvalue weighted by Crippen LogP contribution is -2.39. The van der Waals surface area contributed by atoms with Gasteiger partial charge in [0.1, 0.15) is 11.9 Å². The molecule has 3 aromatic heterocycles. The van der Waals surface area contributed by atoms with Gasteiger partial charge in [0.05, 0.1) is 17.9 Å². The molecule has 0 amide bonds. The third-order valence-electron chi connectivity index (χ3n) is 6.17. The summed E-state index contributed by atoms with van der Waals surface area (Å²) < 4.78 is 52.0. The zero-order chi connectivity index (χ0) is 26.0. The first-order valence-corrected chi connectivity index (χ1v) is 11.9.